The van der Waals surface area contributed by atoms with E-state index in [0.717, 1.165) is 0 Å². The summed E-state index contributed by atoms with van der Waals surface area (Å²) < 4.78 is 48.4. The van der Waals surface area contributed by atoms with Gasteiger partial charge >= 0.3 is 0 Å². The maximum atomic E-state index is 12.8. The fourth-order valence-electron chi connectivity index (χ4n) is 2.37. The summed E-state index contributed by atoms with van der Waals surface area (Å²) in [5, 5.41) is 5.86. The van der Waals surface area contributed by atoms with E-state index in [9.17, 15) is 13.0 Å². The zero-order valence-electron chi connectivity index (χ0n) is 14.7. The number of ether oxygens (including phenoxy) is 2. The third-order valence-electron chi connectivity index (χ3n) is 3.65. The van der Waals surface area contributed by atoms with E-state index in [-0.39, 0.29) is 17.2 Å². The van der Waals surface area contributed by atoms with Gasteiger partial charge in [0.1, 0.15) is 0 Å². The summed E-state index contributed by atoms with van der Waals surface area (Å²) in [6.45, 7) is 0. The molecule has 1 heterocycles. The zero-order valence-corrected chi connectivity index (χ0v) is 15.5. The summed E-state index contributed by atoms with van der Waals surface area (Å²) in [5.41, 5.74) is 1.55. The fourth-order valence-corrected chi connectivity index (χ4v) is 3.30. The quantitative estimate of drug-likeness (QED) is 0.689. The first-order valence-corrected chi connectivity index (χ1v) is 9.23. The molecular weight excluding hydrogens is 364 g/mol. The highest BCUT2D eigenvalue weighted by atomic mass is 32.2. The number of hydrogen-bond acceptors (Lipinski definition) is 6. The molecule has 0 fully saturated rings. The molecule has 9 heteroatoms. The lowest BCUT2D eigenvalue weighted by Crippen LogP contribution is -2.13. The number of anilines is 2. The Kier molecular flexibility index (Phi) is 7.14. The molecule has 0 saturated carbocycles. The van der Waals surface area contributed by atoms with Crippen LogP contribution in [0.2, 0.25) is 0 Å². The highest BCUT2D eigenvalue weighted by molar-refractivity contribution is 7.84. The molecular formula is C17H21F2N3O3S. The molecule has 2 N–H and O–H groups in total. The monoisotopic (exact) mass is 385 g/mol. The Labute approximate surface area is 153 Å². The van der Waals surface area contributed by atoms with Gasteiger partial charge in [0.25, 0.3) is 6.43 Å². The molecule has 0 aliphatic carbocycles. The lowest BCUT2D eigenvalue weighted by Gasteiger charge is -2.14. The van der Waals surface area contributed by atoms with Gasteiger partial charge in [-0.1, -0.05) is 6.07 Å². The van der Waals surface area contributed by atoms with Crippen LogP contribution < -0.4 is 20.1 Å². The van der Waals surface area contributed by atoms with E-state index in [1.807, 2.05) is 0 Å². The summed E-state index contributed by atoms with van der Waals surface area (Å²) >= 11 is 0. The molecule has 0 amide bonds. The average molecular weight is 385 g/mol. The van der Waals surface area contributed by atoms with E-state index in [4.69, 9.17) is 9.47 Å². The largest absolute Gasteiger partial charge is 0.493 e. The van der Waals surface area contributed by atoms with E-state index in [1.165, 1.54) is 32.4 Å². The number of hydrogen-bond donors (Lipinski definition) is 2. The van der Waals surface area contributed by atoms with Crippen molar-refractivity contribution in [2.45, 2.75) is 12.2 Å². The summed E-state index contributed by atoms with van der Waals surface area (Å²) in [5.74, 6) is 1.25. The van der Waals surface area contributed by atoms with Crippen LogP contribution in [0.1, 0.15) is 17.7 Å². The van der Waals surface area contributed by atoms with Crippen molar-refractivity contribution < 1.29 is 22.5 Å². The number of nitrogens with one attached hydrogen (secondary N) is 2. The van der Waals surface area contributed by atoms with Gasteiger partial charge in [-0.15, -0.1) is 0 Å². The molecule has 2 rings (SSSR count). The number of nitrogens with zero attached hydrogens (tertiary/aromatic N) is 1. The Bertz CT molecular complexity index is 775. The van der Waals surface area contributed by atoms with Crippen molar-refractivity contribution in [3.05, 3.63) is 41.7 Å². The Morgan fingerprint density at radius 2 is 1.96 bits per heavy atom. The van der Waals surface area contributed by atoms with Gasteiger partial charge in [-0.25, -0.2) is 8.78 Å². The first-order chi connectivity index (χ1) is 12.5. The molecule has 1 unspecified atom stereocenters. The minimum Gasteiger partial charge on any atom is -0.493 e. The minimum absolute atomic E-state index is 0.0775. The summed E-state index contributed by atoms with van der Waals surface area (Å²) in [4.78, 5) is 4.20. The maximum absolute atomic E-state index is 12.8. The Balaban J connectivity index is 2.06. The Morgan fingerprint density at radius 1 is 1.19 bits per heavy atom. The second kappa shape index (κ2) is 9.33. The van der Waals surface area contributed by atoms with Crippen molar-refractivity contribution in [3.8, 4) is 11.5 Å². The van der Waals surface area contributed by atoms with Crippen LogP contribution in [0.15, 0.2) is 30.5 Å². The zero-order chi connectivity index (χ0) is 19.1. The van der Waals surface area contributed by atoms with Gasteiger partial charge in [0.05, 0.1) is 42.9 Å². The van der Waals surface area contributed by atoms with Crippen LogP contribution in [0.4, 0.5) is 20.2 Å². The van der Waals surface area contributed by atoms with Gasteiger partial charge in [-0.05, 0) is 12.1 Å². The SMILES string of the molecule is CNc1cc(C(F)F)ccc1NCS(=O)Cc1nccc(OC)c1OC. The Morgan fingerprint density at radius 3 is 2.58 bits per heavy atom. The van der Waals surface area contributed by atoms with E-state index in [1.54, 1.807) is 19.3 Å². The maximum Gasteiger partial charge on any atom is 0.263 e. The molecule has 0 aliphatic heterocycles. The molecule has 142 valence electrons. The molecule has 6 nitrogen and oxygen atoms in total. The van der Waals surface area contributed by atoms with Crippen LogP contribution in [0, 0.1) is 0 Å². The first kappa shape index (κ1) is 19.9. The predicted molar refractivity (Wildman–Crippen MR) is 98.6 cm³/mol. The van der Waals surface area contributed by atoms with Crippen molar-refractivity contribution in [1.29, 1.82) is 0 Å². The van der Waals surface area contributed by atoms with Crippen LogP contribution in [0.3, 0.4) is 0 Å². The molecule has 0 radical (unpaired) electrons. The molecule has 0 bridgehead atoms. The van der Waals surface area contributed by atoms with E-state index in [2.05, 4.69) is 15.6 Å². The highest BCUT2D eigenvalue weighted by Crippen LogP contribution is 2.30. The van der Waals surface area contributed by atoms with E-state index >= 15 is 0 Å². The number of benzene rings is 1. The van der Waals surface area contributed by atoms with Gasteiger partial charge in [-0.3, -0.25) is 9.19 Å². The topological polar surface area (TPSA) is 72.5 Å². The number of methoxy groups -OCH3 is 2. The minimum atomic E-state index is -2.54. The van der Waals surface area contributed by atoms with Crippen LogP contribution in [0.25, 0.3) is 0 Å². The summed E-state index contributed by atoms with van der Waals surface area (Å²) in [6.07, 6.45) is -0.986. The fraction of sp³-hybridized carbons (Fsp3) is 0.353. The smallest absolute Gasteiger partial charge is 0.263 e. The lowest BCUT2D eigenvalue weighted by atomic mass is 10.2. The van der Waals surface area contributed by atoms with Crippen LogP contribution in [-0.2, 0) is 16.6 Å². The average Bonchev–Trinajstić information content (AvgIpc) is 2.65. The van der Waals surface area contributed by atoms with Gasteiger partial charge in [0, 0.05) is 35.7 Å². The predicted octanol–water partition coefficient (Wildman–Crippen LogP) is 3.40. The second-order valence-electron chi connectivity index (χ2n) is 5.25. The molecule has 1 aromatic heterocycles. The van der Waals surface area contributed by atoms with Crippen molar-refractivity contribution in [1.82, 2.24) is 4.98 Å². The summed E-state index contributed by atoms with van der Waals surface area (Å²) in [7, 11) is 3.34. The number of rotatable bonds is 9. The molecule has 26 heavy (non-hydrogen) atoms. The van der Waals surface area contributed by atoms with Crippen molar-refractivity contribution >= 4 is 22.2 Å². The van der Waals surface area contributed by atoms with Crippen molar-refractivity contribution in [2.75, 3.05) is 37.8 Å². The third-order valence-corrected chi connectivity index (χ3v) is 4.71. The van der Waals surface area contributed by atoms with Crippen LogP contribution >= 0.6 is 0 Å². The van der Waals surface area contributed by atoms with E-state index in [0.29, 0.717) is 28.6 Å². The lowest BCUT2D eigenvalue weighted by molar-refractivity contribution is 0.151. The standard InChI is InChI=1S/C17H21F2N3O3S/c1-20-13-8-11(17(18)19)4-5-12(13)22-10-26(23)9-14-16(25-3)15(24-2)6-7-21-14/h4-8,17,20,22H,9-10H2,1-3H3. The number of aromatic nitrogens is 1. The molecule has 1 aromatic carbocycles. The van der Waals surface area contributed by atoms with E-state index < -0.39 is 17.2 Å². The summed E-state index contributed by atoms with van der Waals surface area (Å²) in [6, 6.07) is 5.90. The number of halogens is 2. The third kappa shape index (κ3) is 4.81. The van der Waals surface area contributed by atoms with Gasteiger partial charge in [-0.2, -0.15) is 0 Å². The van der Waals surface area contributed by atoms with Crippen molar-refractivity contribution in [2.24, 2.45) is 0 Å². The number of pyridine rings is 1. The first-order valence-electron chi connectivity index (χ1n) is 7.74. The van der Waals surface area contributed by atoms with Gasteiger partial charge < -0.3 is 20.1 Å². The van der Waals surface area contributed by atoms with Crippen LogP contribution in [-0.4, -0.2) is 36.3 Å². The highest BCUT2D eigenvalue weighted by Gasteiger charge is 2.15. The molecule has 2 aromatic rings. The molecule has 1 atom stereocenters. The van der Waals surface area contributed by atoms with Gasteiger partial charge in [0.2, 0.25) is 0 Å². The van der Waals surface area contributed by atoms with Crippen molar-refractivity contribution in [3.63, 3.8) is 0 Å². The number of alkyl halides is 2. The second-order valence-corrected chi connectivity index (χ2v) is 6.71. The van der Waals surface area contributed by atoms with Gasteiger partial charge in [0.15, 0.2) is 11.5 Å². The van der Waals surface area contributed by atoms with Crippen LogP contribution in [0.5, 0.6) is 11.5 Å². The molecule has 0 aliphatic rings. The Hall–Kier alpha value is -2.42. The molecule has 0 spiro atoms. The molecule has 0 saturated heterocycles. The normalized spacial score (nSPS) is 11.9.